The highest BCUT2D eigenvalue weighted by atomic mass is 32.1. The molecule has 0 unspecified atom stereocenters. The average molecular weight is 274 g/mol. The van der Waals surface area contributed by atoms with Crippen molar-refractivity contribution in [1.29, 1.82) is 0 Å². The van der Waals surface area contributed by atoms with Gasteiger partial charge in [0.05, 0.1) is 4.70 Å². The van der Waals surface area contributed by atoms with Gasteiger partial charge in [0, 0.05) is 23.3 Å². The fourth-order valence-electron chi connectivity index (χ4n) is 1.95. The number of ether oxygens (including phenoxy) is 1. The van der Waals surface area contributed by atoms with Gasteiger partial charge >= 0.3 is 10.9 Å². The highest BCUT2D eigenvalue weighted by molar-refractivity contribution is 7.16. The van der Waals surface area contributed by atoms with Crippen molar-refractivity contribution in [3.63, 3.8) is 0 Å². The van der Waals surface area contributed by atoms with Crippen LogP contribution in [0.5, 0.6) is 5.75 Å². The van der Waals surface area contributed by atoms with Gasteiger partial charge in [-0.15, -0.1) is 0 Å². The molecule has 5 heteroatoms. The van der Waals surface area contributed by atoms with Crippen LogP contribution >= 0.6 is 11.3 Å². The minimum Gasteiger partial charge on any atom is -0.426 e. The van der Waals surface area contributed by atoms with Crippen LogP contribution in [0.3, 0.4) is 0 Å². The second-order valence-electron chi connectivity index (χ2n) is 4.03. The molecule has 0 bridgehead atoms. The molecule has 0 saturated heterocycles. The molecule has 3 rings (SSSR count). The van der Waals surface area contributed by atoms with Crippen molar-refractivity contribution in [2.75, 3.05) is 0 Å². The Kier molecular flexibility index (Phi) is 2.83. The summed E-state index contributed by atoms with van der Waals surface area (Å²) in [4.78, 5) is 22.5. The van der Waals surface area contributed by atoms with Crippen molar-refractivity contribution < 1.29 is 13.9 Å². The Bertz CT molecular complexity index is 828. The third kappa shape index (κ3) is 2.02. The summed E-state index contributed by atoms with van der Waals surface area (Å²) in [7, 11) is 0. The van der Waals surface area contributed by atoms with Crippen LogP contribution in [0.25, 0.3) is 21.1 Å². The standard InChI is InChI=1S/C14H10O4S/c1-2-12(15)17-10-7-11-13(18-14(16)19-11)9-6-4-3-5-8(9)10/h3-7H,2H2,1H3. The number of rotatable bonds is 2. The molecule has 3 aromatic rings. The molecule has 1 heterocycles. The SMILES string of the molecule is CCC(=O)Oc1cc2sc(=O)oc2c2ccccc12. The molecular weight excluding hydrogens is 264 g/mol. The van der Waals surface area contributed by atoms with Crippen molar-refractivity contribution in [2.45, 2.75) is 13.3 Å². The van der Waals surface area contributed by atoms with Crippen LogP contribution in [0.4, 0.5) is 0 Å². The van der Waals surface area contributed by atoms with Gasteiger partial charge in [0.2, 0.25) is 0 Å². The third-order valence-corrected chi connectivity index (χ3v) is 3.59. The quantitative estimate of drug-likeness (QED) is 0.531. The average Bonchev–Trinajstić information content (AvgIpc) is 2.79. The Hall–Kier alpha value is -2.14. The second-order valence-corrected chi connectivity index (χ2v) is 5.01. The lowest BCUT2D eigenvalue weighted by molar-refractivity contribution is -0.133. The van der Waals surface area contributed by atoms with E-state index in [0.29, 0.717) is 22.5 Å². The van der Waals surface area contributed by atoms with Crippen LogP contribution in [-0.2, 0) is 4.79 Å². The smallest absolute Gasteiger partial charge is 0.396 e. The van der Waals surface area contributed by atoms with Crippen LogP contribution in [0, 0.1) is 0 Å². The summed E-state index contributed by atoms with van der Waals surface area (Å²) in [6.45, 7) is 1.74. The lowest BCUT2D eigenvalue weighted by Crippen LogP contribution is -2.05. The molecule has 0 aliphatic carbocycles. The van der Waals surface area contributed by atoms with Crippen molar-refractivity contribution in [2.24, 2.45) is 0 Å². The van der Waals surface area contributed by atoms with E-state index in [2.05, 4.69) is 0 Å². The molecule has 0 spiro atoms. The van der Waals surface area contributed by atoms with Crippen LogP contribution in [0.15, 0.2) is 39.5 Å². The Balaban J connectivity index is 2.35. The lowest BCUT2D eigenvalue weighted by Gasteiger charge is -2.07. The Labute approximate surface area is 112 Å². The van der Waals surface area contributed by atoms with Gasteiger partial charge in [-0.25, -0.2) is 4.79 Å². The Morgan fingerprint density at radius 3 is 2.79 bits per heavy atom. The van der Waals surface area contributed by atoms with E-state index in [4.69, 9.17) is 9.15 Å². The molecule has 96 valence electrons. The van der Waals surface area contributed by atoms with Crippen molar-refractivity contribution >= 4 is 38.4 Å². The molecule has 19 heavy (non-hydrogen) atoms. The minimum absolute atomic E-state index is 0.300. The molecule has 0 aliphatic heterocycles. The van der Waals surface area contributed by atoms with Gasteiger partial charge in [0.25, 0.3) is 0 Å². The summed E-state index contributed by atoms with van der Waals surface area (Å²) in [5.41, 5.74) is 0.543. The summed E-state index contributed by atoms with van der Waals surface area (Å²) in [5.74, 6) is 0.160. The van der Waals surface area contributed by atoms with E-state index < -0.39 is 0 Å². The van der Waals surface area contributed by atoms with Gasteiger partial charge in [0.15, 0.2) is 5.58 Å². The first-order valence-electron chi connectivity index (χ1n) is 5.85. The molecule has 0 fully saturated rings. The number of hydrogen-bond donors (Lipinski definition) is 0. The zero-order valence-electron chi connectivity index (χ0n) is 10.1. The normalized spacial score (nSPS) is 11.0. The Morgan fingerprint density at radius 2 is 2.05 bits per heavy atom. The fraction of sp³-hybridized carbons (Fsp3) is 0.143. The van der Waals surface area contributed by atoms with E-state index >= 15 is 0 Å². The highest BCUT2D eigenvalue weighted by Crippen LogP contribution is 2.34. The maximum atomic E-state index is 11.5. The van der Waals surface area contributed by atoms with Crippen molar-refractivity contribution in [3.05, 3.63) is 40.1 Å². The van der Waals surface area contributed by atoms with Gasteiger partial charge in [-0.2, -0.15) is 0 Å². The Morgan fingerprint density at radius 1 is 1.32 bits per heavy atom. The van der Waals surface area contributed by atoms with Crippen LogP contribution in [0.2, 0.25) is 0 Å². The molecule has 0 radical (unpaired) electrons. The first kappa shape index (κ1) is 11.9. The third-order valence-electron chi connectivity index (χ3n) is 2.81. The van der Waals surface area contributed by atoms with E-state index in [1.54, 1.807) is 13.0 Å². The lowest BCUT2D eigenvalue weighted by atomic mass is 10.1. The number of benzene rings is 2. The number of hydrogen-bond acceptors (Lipinski definition) is 5. The van der Waals surface area contributed by atoms with E-state index in [-0.39, 0.29) is 10.9 Å². The summed E-state index contributed by atoms with van der Waals surface area (Å²) >= 11 is 1.00. The van der Waals surface area contributed by atoms with Crippen molar-refractivity contribution in [3.8, 4) is 5.75 Å². The number of esters is 1. The van der Waals surface area contributed by atoms with Crippen LogP contribution in [0.1, 0.15) is 13.3 Å². The number of fused-ring (bicyclic) bond motifs is 3. The van der Waals surface area contributed by atoms with Gasteiger partial charge in [-0.1, -0.05) is 42.5 Å². The minimum atomic E-state index is -0.362. The topological polar surface area (TPSA) is 56.5 Å². The van der Waals surface area contributed by atoms with E-state index in [1.165, 1.54) is 0 Å². The summed E-state index contributed by atoms with van der Waals surface area (Å²) in [6.07, 6.45) is 0.300. The van der Waals surface area contributed by atoms with Gasteiger partial charge < -0.3 is 9.15 Å². The maximum Gasteiger partial charge on any atom is 0.396 e. The van der Waals surface area contributed by atoms with Gasteiger partial charge in [-0.3, -0.25) is 4.79 Å². The van der Waals surface area contributed by atoms with E-state index in [1.807, 2.05) is 24.3 Å². The number of carbonyl (C=O) groups is 1. The molecule has 0 atom stereocenters. The monoisotopic (exact) mass is 274 g/mol. The van der Waals surface area contributed by atoms with E-state index in [0.717, 1.165) is 22.1 Å². The van der Waals surface area contributed by atoms with Gasteiger partial charge in [0.1, 0.15) is 5.75 Å². The van der Waals surface area contributed by atoms with Crippen LogP contribution in [-0.4, -0.2) is 5.97 Å². The van der Waals surface area contributed by atoms with Crippen LogP contribution < -0.4 is 9.68 Å². The summed E-state index contributed by atoms with van der Waals surface area (Å²) in [6, 6.07) is 9.06. The molecule has 0 saturated carbocycles. The molecule has 0 aliphatic rings. The molecule has 2 aromatic carbocycles. The predicted molar refractivity (Wildman–Crippen MR) is 73.8 cm³/mol. The highest BCUT2D eigenvalue weighted by Gasteiger charge is 2.13. The summed E-state index contributed by atoms with van der Waals surface area (Å²) < 4.78 is 11.2. The second kappa shape index (κ2) is 4.51. The predicted octanol–water partition coefficient (Wildman–Crippen LogP) is 3.32. The zero-order chi connectivity index (χ0) is 13.4. The van der Waals surface area contributed by atoms with Gasteiger partial charge in [-0.05, 0) is 0 Å². The molecule has 4 nitrogen and oxygen atoms in total. The summed E-state index contributed by atoms with van der Waals surface area (Å²) in [5, 5.41) is 1.54. The molecule has 0 amide bonds. The van der Waals surface area contributed by atoms with E-state index in [9.17, 15) is 9.59 Å². The first-order chi connectivity index (χ1) is 9.19. The first-order valence-corrected chi connectivity index (χ1v) is 6.66. The van der Waals surface area contributed by atoms with Crippen molar-refractivity contribution in [1.82, 2.24) is 0 Å². The molecule has 1 aromatic heterocycles. The zero-order valence-corrected chi connectivity index (χ0v) is 11.0. The maximum absolute atomic E-state index is 11.5. The molecule has 0 N–H and O–H groups in total. The largest absolute Gasteiger partial charge is 0.426 e. The fourth-order valence-corrected chi connectivity index (χ4v) is 2.66. The number of carbonyl (C=O) groups excluding carboxylic acids is 1. The molecular formula is C14H10O4S.